The lowest BCUT2D eigenvalue weighted by molar-refractivity contribution is -0.129. The highest BCUT2D eigenvalue weighted by atomic mass is 79.9. The molecule has 0 radical (unpaired) electrons. The number of carbonyl (C=O) groups is 1. The first-order valence-corrected chi connectivity index (χ1v) is 7.06. The normalized spacial score (nSPS) is 12.1. The van der Waals surface area contributed by atoms with Crippen molar-refractivity contribution in [1.82, 2.24) is 4.90 Å². The fourth-order valence-electron chi connectivity index (χ4n) is 1.67. The maximum atomic E-state index is 11.5. The Morgan fingerprint density at radius 2 is 2.16 bits per heavy atom. The number of ether oxygens (including phenoxy) is 1. The molecule has 0 aromatic heterocycles. The van der Waals surface area contributed by atoms with Gasteiger partial charge in [0.1, 0.15) is 5.75 Å². The number of carbonyl (C=O) groups excluding carboxylic acids is 1. The average molecular weight is 329 g/mol. The Labute approximate surface area is 123 Å². The summed E-state index contributed by atoms with van der Waals surface area (Å²) in [5.41, 5.74) is 6.89. The summed E-state index contributed by atoms with van der Waals surface area (Å²) in [6, 6.07) is 5.90. The summed E-state index contributed by atoms with van der Waals surface area (Å²) >= 11 is 3.44. The minimum Gasteiger partial charge on any atom is -0.493 e. The Balaban J connectivity index is 2.64. The van der Waals surface area contributed by atoms with E-state index in [2.05, 4.69) is 15.9 Å². The van der Waals surface area contributed by atoms with Crippen molar-refractivity contribution >= 4 is 21.8 Å². The molecule has 0 bridgehead atoms. The maximum Gasteiger partial charge on any atom is 0.225 e. The molecule has 4 nitrogen and oxygen atoms in total. The Bertz CT molecular complexity index is 433. The van der Waals surface area contributed by atoms with Crippen LogP contribution in [0.25, 0.3) is 0 Å². The average Bonchev–Trinajstić information content (AvgIpc) is 2.30. The molecule has 2 N–H and O–H groups in total. The van der Waals surface area contributed by atoms with Crippen LogP contribution in [0.15, 0.2) is 22.7 Å². The molecule has 0 spiro atoms. The van der Waals surface area contributed by atoms with Crippen molar-refractivity contribution in [3.63, 3.8) is 0 Å². The molecule has 106 valence electrons. The van der Waals surface area contributed by atoms with Crippen LogP contribution in [0.5, 0.6) is 5.75 Å². The number of benzene rings is 1. The van der Waals surface area contributed by atoms with Crippen LogP contribution < -0.4 is 10.5 Å². The molecule has 0 saturated carbocycles. The summed E-state index contributed by atoms with van der Waals surface area (Å²) in [5, 5.41) is 0. The summed E-state index contributed by atoms with van der Waals surface area (Å²) in [6.07, 6.45) is 1.12. The highest BCUT2D eigenvalue weighted by Gasteiger charge is 2.09. The third kappa shape index (κ3) is 5.61. The predicted molar refractivity (Wildman–Crippen MR) is 80.3 cm³/mol. The van der Waals surface area contributed by atoms with E-state index in [0.717, 1.165) is 22.2 Å². The van der Waals surface area contributed by atoms with Gasteiger partial charge in [0.05, 0.1) is 13.0 Å². The second-order valence-electron chi connectivity index (χ2n) is 4.82. The van der Waals surface area contributed by atoms with Gasteiger partial charge in [-0.2, -0.15) is 0 Å². The van der Waals surface area contributed by atoms with Gasteiger partial charge in [0, 0.05) is 24.6 Å². The van der Waals surface area contributed by atoms with Crippen molar-refractivity contribution < 1.29 is 9.53 Å². The van der Waals surface area contributed by atoms with Crippen LogP contribution in [-0.4, -0.2) is 37.6 Å². The first-order chi connectivity index (χ1) is 8.90. The quantitative estimate of drug-likeness (QED) is 0.870. The Morgan fingerprint density at radius 1 is 1.47 bits per heavy atom. The molecule has 19 heavy (non-hydrogen) atoms. The van der Waals surface area contributed by atoms with Crippen molar-refractivity contribution in [2.45, 2.75) is 25.8 Å². The fraction of sp³-hybridized carbons (Fsp3) is 0.500. The van der Waals surface area contributed by atoms with Gasteiger partial charge in [-0.05, 0) is 37.1 Å². The third-order valence-corrected chi connectivity index (χ3v) is 3.13. The van der Waals surface area contributed by atoms with Crippen LogP contribution in [0.2, 0.25) is 0 Å². The van der Waals surface area contributed by atoms with E-state index in [-0.39, 0.29) is 11.9 Å². The van der Waals surface area contributed by atoms with Crippen molar-refractivity contribution in [3.8, 4) is 5.75 Å². The first-order valence-electron chi connectivity index (χ1n) is 6.27. The molecule has 0 heterocycles. The molecular formula is C14H21BrN2O2. The van der Waals surface area contributed by atoms with Gasteiger partial charge < -0.3 is 15.4 Å². The molecular weight excluding hydrogens is 308 g/mol. The Kier molecular flexibility index (Phi) is 6.31. The SMILES string of the molecule is CC(N)Cc1cc(Br)ccc1OCCC(=O)N(C)C. The molecule has 1 aromatic rings. The molecule has 0 aliphatic carbocycles. The van der Waals surface area contributed by atoms with E-state index in [1.165, 1.54) is 0 Å². The van der Waals surface area contributed by atoms with Gasteiger partial charge in [0.25, 0.3) is 0 Å². The van der Waals surface area contributed by atoms with E-state index in [4.69, 9.17) is 10.5 Å². The largest absolute Gasteiger partial charge is 0.493 e. The molecule has 5 heteroatoms. The smallest absolute Gasteiger partial charge is 0.225 e. The fourth-order valence-corrected chi connectivity index (χ4v) is 2.08. The highest BCUT2D eigenvalue weighted by Crippen LogP contribution is 2.24. The lowest BCUT2D eigenvalue weighted by atomic mass is 10.1. The molecule has 0 saturated heterocycles. The summed E-state index contributed by atoms with van der Waals surface area (Å²) in [5.74, 6) is 0.859. The predicted octanol–water partition coefficient (Wildman–Crippen LogP) is 2.20. The number of hydrogen-bond acceptors (Lipinski definition) is 3. The number of nitrogens with two attached hydrogens (primary N) is 1. The third-order valence-electron chi connectivity index (χ3n) is 2.64. The van der Waals surface area contributed by atoms with Crippen LogP contribution in [0.1, 0.15) is 18.9 Å². The van der Waals surface area contributed by atoms with Gasteiger partial charge >= 0.3 is 0 Å². The zero-order valence-corrected chi connectivity index (χ0v) is 13.2. The van der Waals surface area contributed by atoms with E-state index in [1.54, 1.807) is 19.0 Å². The van der Waals surface area contributed by atoms with Crippen molar-refractivity contribution in [2.24, 2.45) is 5.73 Å². The molecule has 1 aromatic carbocycles. The standard InChI is InChI=1S/C14H21BrN2O2/c1-10(16)8-11-9-12(15)4-5-13(11)19-7-6-14(18)17(2)3/h4-5,9-10H,6-8,16H2,1-3H3. The molecule has 1 amide bonds. The first kappa shape index (κ1) is 16.0. The van der Waals surface area contributed by atoms with Gasteiger partial charge in [-0.15, -0.1) is 0 Å². The van der Waals surface area contributed by atoms with Crippen molar-refractivity contribution in [2.75, 3.05) is 20.7 Å². The van der Waals surface area contributed by atoms with E-state index in [1.807, 2.05) is 25.1 Å². The van der Waals surface area contributed by atoms with Gasteiger partial charge in [-0.3, -0.25) is 4.79 Å². The summed E-state index contributed by atoms with van der Waals surface area (Å²) in [7, 11) is 3.48. The minimum atomic E-state index is 0.0610. The van der Waals surface area contributed by atoms with Crippen LogP contribution in [-0.2, 0) is 11.2 Å². The number of halogens is 1. The number of nitrogens with zero attached hydrogens (tertiary/aromatic N) is 1. The van der Waals surface area contributed by atoms with E-state index in [0.29, 0.717) is 13.0 Å². The zero-order chi connectivity index (χ0) is 14.4. The second kappa shape index (κ2) is 7.50. The van der Waals surface area contributed by atoms with Crippen molar-refractivity contribution in [1.29, 1.82) is 0 Å². The summed E-state index contributed by atoms with van der Waals surface area (Å²) in [4.78, 5) is 13.0. The number of amides is 1. The Hall–Kier alpha value is -1.07. The van der Waals surface area contributed by atoms with Crippen LogP contribution in [0.3, 0.4) is 0 Å². The molecule has 1 rings (SSSR count). The van der Waals surface area contributed by atoms with E-state index >= 15 is 0 Å². The van der Waals surface area contributed by atoms with Crippen LogP contribution >= 0.6 is 15.9 Å². The van der Waals surface area contributed by atoms with E-state index < -0.39 is 0 Å². The lowest BCUT2D eigenvalue weighted by Crippen LogP contribution is -2.23. The maximum absolute atomic E-state index is 11.5. The monoisotopic (exact) mass is 328 g/mol. The molecule has 0 fully saturated rings. The van der Waals surface area contributed by atoms with Crippen molar-refractivity contribution in [3.05, 3.63) is 28.2 Å². The van der Waals surface area contributed by atoms with E-state index in [9.17, 15) is 4.79 Å². The minimum absolute atomic E-state index is 0.0610. The summed E-state index contributed by atoms with van der Waals surface area (Å²) in [6.45, 7) is 2.34. The molecule has 1 atom stereocenters. The molecule has 0 aliphatic heterocycles. The molecule has 1 unspecified atom stereocenters. The second-order valence-corrected chi connectivity index (χ2v) is 5.74. The van der Waals surface area contributed by atoms with Gasteiger partial charge in [-0.25, -0.2) is 0 Å². The summed E-state index contributed by atoms with van der Waals surface area (Å²) < 4.78 is 6.69. The number of rotatable bonds is 6. The van der Waals surface area contributed by atoms with Gasteiger partial charge in [0.2, 0.25) is 5.91 Å². The topological polar surface area (TPSA) is 55.6 Å². The van der Waals surface area contributed by atoms with Gasteiger partial charge in [-0.1, -0.05) is 15.9 Å². The van der Waals surface area contributed by atoms with Crippen LogP contribution in [0, 0.1) is 0 Å². The lowest BCUT2D eigenvalue weighted by Gasteiger charge is -2.15. The highest BCUT2D eigenvalue weighted by molar-refractivity contribution is 9.10. The van der Waals surface area contributed by atoms with Crippen LogP contribution in [0.4, 0.5) is 0 Å². The Morgan fingerprint density at radius 3 is 2.74 bits per heavy atom. The number of hydrogen-bond donors (Lipinski definition) is 1. The van der Waals surface area contributed by atoms with Gasteiger partial charge in [0.15, 0.2) is 0 Å². The molecule has 0 aliphatic rings. The zero-order valence-electron chi connectivity index (χ0n) is 11.6.